The molecule has 2 rings (SSSR count). The summed E-state index contributed by atoms with van der Waals surface area (Å²) in [6.07, 6.45) is 2.35. The first-order valence-corrected chi connectivity index (χ1v) is 6.26. The molecule has 1 heterocycles. The van der Waals surface area contributed by atoms with E-state index in [1.165, 1.54) is 12.8 Å². The van der Waals surface area contributed by atoms with E-state index in [0.29, 0.717) is 12.5 Å². The maximum Gasteiger partial charge on any atom is 0.266 e. The van der Waals surface area contributed by atoms with Crippen LogP contribution in [0.5, 0.6) is 0 Å². The normalized spacial score (nSPS) is 28.9. The average Bonchev–Trinajstić information content (AvgIpc) is 2.83. The van der Waals surface area contributed by atoms with E-state index in [0.717, 1.165) is 0 Å². The number of halogens is 3. The summed E-state index contributed by atoms with van der Waals surface area (Å²) >= 11 is 17.3. The third kappa shape index (κ3) is 2.22. The van der Waals surface area contributed by atoms with Crippen LogP contribution in [0.4, 0.5) is 0 Å². The van der Waals surface area contributed by atoms with Crippen molar-refractivity contribution in [2.24, 2.45) is 16.3 Å². The third-order valence-electron chi connectivity index (χ3n) is 3.15. The van der Waals surface area contributed by atoms with Crippen LogP contribution < -0.4 is 0 Å². The monoisotopic (exact) mass is 269 g/mol. The molecule has 0 amide bonds. The largest absolute Gasteiger partial charge is 0.477 e. The molecule has 0 aromatic carbocycles. The highest BCUT2D eigenvalue weighted by Crippen LogP contribution is 2.54. The molecule has 1 aliphatic carbocycles. The van der Waals surface area contributed by atoms with Crippen LogP contribution in [-0.2, 0) is 4.74 Å². The van der Waals surface area contributed by atoms with Crippen molar-refractivity contribution in [2.45, 2.75) is 36.5 Å². The van der Waals surface area contributed by atoms with Crippen LogP contribution in [0.25, 0.3) is 0 Å². The highest BCUT2D eigenvalue weighted by atomic mass is 35.6. The van der Waals surface area contributed by atoms with Crippen molar-refractivity contribution in [1.82, 2.24) is 0 Å². The third-order valence-corrected chi connectivity index (χ3v) is 3.63. The van der Waals surface area contributed by atoms with E-state index < -0.39 is 3.79 Å². The molecule has 86 valence electrons. The quantitative estimate of drug-likeness (QED) is 0.667. The maximum atomic E-state index is 5.77. The summed E-state index contributed by atoms with van der Waals surface area (Å²) in [7, 11) is 0. The van der Waals surface area contributed by atoms with Crippen LogP contribution in [0, 0.1) is 11.3 Å². The fourth-order valence-electron chi connectivity index (χ4n) is 2.21. The van der Waals surface area contributed by atoms with E-state index in [1.807, 2.05) is 0 Å². The summed E-state index contributed by atoms with van der Waals surface area (Å²) in [6, 6.07) is 0.233. The molecular formula is C10H14Cl3NO. The highest BCUT2D eigenvalue weighted by Gasteiger charge is 2.55. The van der Waals surface area contributed by atoms with Gasteiger partial charge in [0.25, 0.3) is 3.79 Å². The zero-order valence-electron chi connectivity index (χ0n) is 8.77. The summed E-state index contributed by atoms with van der Waals surface area (Å²) < 4.78 is 3.93. The Kier molecular flexibility index (Phi) is 2.90. The Morgan fingerprint density at radius 3 is 2.40 bits per heavy atom. The number of rotatable bonds is 1. The lowest BCUT2D eigenvalue weighted by Gasteiger charge is -2.33. The molecule has 1 fully saturated rings. The molecule has 2 aliphatic rings. The van der Waals surface area contributed by atoms with Gasteiger partial charge in [0, 0.05) is 5.41 Å². The zero-order chi connectivity index (χ0) is 11.3. The Morgan fingerprint density at radius 1 is 1.40 bits per heavy atom. The molecule has 1 unspecified atom stereocenters. The van der Waals surface area contributed by atoms with Gasteiger partial charge in [-0.3, -0.25) is 0 Å². The van der Waals surface area contributed by atoms with Crippen molar-refractivity contribution in [3.8, 4) is 0 Å². The fourth-order valence-corrected chi connectivity index (χ4v) is 2.52. The van der Waals surface area contributed by atoms with E-state index in [1.54, 1.807) is 0 Å². The van der Waals surface area contributed by atoms with Gasteiger partial charge in [-0.05, 0) is 18.8 Å². The van der Waals surface area contributed by atoms with Crippen molar-refractivity contribution in [3.63, 3.8) is 0 Å². The fraction of sp³-hybridized carbons (Fsp3) is 0.900. The first-order valence-electron chi connectivity index (χ1n) is 5.13. The van der Waals surface area contributed by atoms with Gasteiger partial charge >= 0.3 is 0 Å². The summed E-state index contributed by atoms with van der Waals surface area (Å²) in [5.74, 6) is 0.711. The van der Waals surface area contributed by atoms with Gasteiger partial charge in [0.05, 0.1) is 12.6 Å². The van der Waals surface area contributed by atoms with Gasteiger partial charge in [-0.2, -0.15) is 0 Å². The van der Waals surface area contributed by atoms with Crippen molar-refractivity contribution in [1.29, 1.82) is 0 Å². The Labute approximate surface area is 105 Å². The minimum Gasteiger partial charge on any atom is -0.477 e. The molecule has 0 radical (unpaired) electrons. The SMILES string of the molecule is CC(C)C1N=C(C(Cl)(Cl)Cl)OCC12CC2. The van der Waals surface area contributed by atoms with Crippen molar-refractivity contribution < 1.29 is 4.74 Å². The summed E-state index contributed by atoms with van der Waals surface area (Å²) in [5, 5.41) is 0. The van der Waals surface area contributed by atoms with Crippen molar-refractivity contribution in [3.05, 3.63) is 0 Å². The predicted octanol–water partition coefficient (Wildman–Crippen LogP) is 3.59. The lowest BCUT2D eigenvalue weighted by molar-refractivity contribution is 0.146. The molecule has 1 aliphatic heterocycles. The molecule has 15 heavy (non-hydrogen) atoms. The minimum absolute atomic E-state index is 0.230. The maximum absolute atomic E-state index is 5.77. The van der Waals surface area contributed by atoms with Crippen LogP contribution >= 0.6 is 34.8 Å². The molecule has 0 bridgehead atoms. The first-order chi connectivity index (χ1) is 6.85. The average molecular weight is 271 g/mol. The number of ether oxygens (including phenoxy) is 1. The van der Waals surface area contributed by atoms with Gasteiger partial charge in [-0.1, -0.05) is 48.7 Å². The Balaban J connectivity index is 2.24. The van der Waals surface area contributed by atoms with Gasteiger partial charge in [-0.25, -0.2) is 4.99 Å². The smallest absolute Gasteiger partial charge is 0.266 e. The second-order valence-corrected chi connectivity index (χ2v) is 7.05. The van der Waals surface area contributed by atoms with Gasteiger partial charge in [0.1, 0.15) is 0 Å². The van der Waals surface area contributed by atoms with Crippen LogP contribution in [0.1, 0.15) is 26.7 Å². The number of hydrogen-bond donors (Lipinski definition) is 0. The summed E-state index contributed by atoms with van der Waals surface area (Å²) in [6.45, 7) is 4.94. The Hall–Kier alpha value is 0.340. The molecular weight excluding hydrogens is 256 g/mol. The summed E-state index contributed by atoms with van der Waals surface area (Å²) in [5.41, 5.74) is 0.230. The van der Waals surface area contributed by atoms with E-state index in [4.69, 9.17) is 39.5 Å². The Bertz CT molecular complexity index is 292. The first kappa shape index (κ1) is 11.8. The van der Waals surface area contributed by atoms with Crippen LogP contribution in [0.3, 0.4) is 0 Å². The number of hydrogen-bond acceptors (Lipinski definition) is 2. The Morgan fingerprint density at radius 2 is 2.00 bits per heavy atom. The standard InChI is InChI=1S/C10H14Cl3NO/c1-6(2)7-9(3-4-9)5-15-8(14-7)10(11,12)13/h6-7H,3-5H2,1-2H3. The summed E-state index contributed by atoms with van der Waals surface area (Å²) in [4.78, 5) is 4.47. The highest BCUT2D eigenvalue weighted by molar-refractivity contribution is 6.76. The number of alkyl halides is 3. The molecule has 0 aromatic rings. The molecule has 5 heteroatoms. The molecule has 1 spiro atoms. The second kappa shape index (κ2) is 3.68. The van der Waals surface area contributed by atoms with Gasteiger partial charge < -0.3 is 4.74 Å². The van der Waals surface area contributed by atoms with Crippen LogP contribution in [0.15, 0.2) is 4.99 Å². The molecule has 0 N–H and O–H groups in total. The van der Waals surface area contributed by atoms with E-state index in [-0.39, 0.29) is 17.4 Å². The zero-order valence-corrected chi connectivity index (χ0v) is 11.0. The number of nitrogens with zero attached hydrogens (tertiary/aromatic N) is 1. The number of aliphatic imine (C=N–C) groups is 1. The lowest BCUT2D eigenvalue weighted by atomic mass is 9.88. The van der Waals surface area contributed by atoms with Gasteiger partial charge in [0.15, 0.2) is 0 Å². The lowest BCUT2D eigenvalue weighted by Crippen LogP contribution is -2.40. The second-order valence-electron chi connectivity index (χ2n) is 4.77. The molecule has 1 saturated carbocycles. The predicted molar refractivity (Wildman–Crippen MR) is 64.0 cm³/mol. The molecule has 0 aromatic heterocycles. The van der Waals surface area contributed by atoms with Gasteiger partial charge in [-0.15, -0.1) is 0 Å². The van der Waals surface area contributed by atoms with Gasteiger partial charge in [0.2, 0.25) is 5.90 Å². The minimum atomic E-state index is -1.52. The molecule has 2 nitrogen and oxygen atoms in total. The van der Waals surface area contributed by atoms with Crippen LogP contribution in [0.2, 0.25) is 0 Å². The van der Waals surface area contributed by atoms with E-state index in [2.05, 4.69) is 18.8 Å². The van der Waals surface area contributed by atoms with Crippen molar-refractivity contribution >= 4 is 40.7 Å². The topological polar surface area (TPSA) is 21.6 Å². The molecule has 1 atom stereocenters. The van der Waals surface area contributed by atoms with E-state index in [9.17, 15) is 0 Å². The van der Waals surface area contributed by atoms with Crippen molar-refractivity contribution in [2.75, 3.05) is 6.61 Å². The molecule has 0 saturated heterocycles. The van der Waals surface area contributed by atoms with E-state index >= 15 is 0 Å². The van der Waals surface area contributed by atoms with Crippen LogP contribution in [-0.4, -0.2) is 22.3 Å².